The third-order valence-corrected chi connectivity index (χ3v) is 11.4. The van der Waals surface area contributed by atoms with Gasteiger partial charge in [0.1, 0.15) is 6.10 Å². The summed E-state index contributed by atoms with van der Waals surface area (Å²) in [6, 6.07) is 0. The maximum absolute atomic E-state index is 12.8. The zero-order valence-electron chi connectivity index (χ0n) is 24.9. The summed E-state index contributed by atoms with van der Waals surface area (Å²) in [6.45, 7) is 13.6. The van der Waals surface area contributed by atoms with Gasteiger partial charge in [-0.3, -0.25) is 0 Å². The van der Waals surface area contributed by atoms with Crippen LogP contribution < -0.4 is 5.32 Å². The van der Waals surface area contributed by atoms with Crippen molar-refractivity contribution >= 4 is 6.09 Å². The molecule has 0 spiro atoms. The van der Waals surface area contributed by atoms with Crippen LogP contribution in [0.15, 0.2) is 11.6 Å². The molecule has 0 aromatic rings. The minimum atomic E-state index is -0.424. The van der Waals surface area contributed by atoms with Crippen molar-refractivity contribution in [3.05, 3.63) is 11.6 Å². The van der Waals surface area contributed by atoms with E-state index in [2.05, 4.69) is 50.9 Å². The Kier molecular flexibility index (Phi) is 9.05. The molecule has 212 valence electrons. The highest BCUT2D eigenvalue weighted by atomic mass is 16.6. The fraction of sp³-hybridized carbons (Fsp3) is 0.906. The van der Waals surface area contributed by atoms with Gasteiger partial charge in [-0.1, -0.05) is 65.5 Å². The summed E-state index contributed by atoms with van der Waals surface area (Å²) in [5, 5.41) is 13.7. The fourth-order valence-corrected chi connectivity index (χ4v) is 9.42. The quantitative estimate of drug-likeness (QED) is 0.337. The van der Waals surface area contributed by atoms with Crippen LogP contribution in [0, 0.1) is 46.3 Å². The van der Waals surface area contributed by atoms with E-state index in [9.17, 15) is 9.90 Å². The maximum atomic E-state index is 12.8. The Morgan fingerprint density at radius 3 is 2.62 bits per heavy atom. The number of nitrogens with zero attached hydrogens (tertiary/aromatic N) is 1. The van der Waals surface area contributed by atoms with E-state index in [-0.39, 0.29) is 17.6 Å². The molecular formula is C32H56N2O3. The Morgan fingerprint density at radius 1 is 1.16 bits per heavy atom. The van der Waals surface area contributed by atoms with Crippen molar-refractivity contribution in [3.8, 4) is 0 Å². The summed E-state index contributed by atoms with van der Waals surface area (Å²) < 4.78 is 6.16. The molecular weight excluding hydrogens is 460 g/mol. The normalized spacial score (nSPS) is 40.0. The van der Waals surface area contributed by atoms with Gasteiger partial charge in [-0.25, -0.2) is 4.79 Å². The van der Waals surface area contributed by atoms with E-state index < -0.39 is 6.10 Å². The lowest BCUT2D eigenvalue weighted by atomic mass is 9.46. The molecule has 0 heterocycles. The number of aliphatic hydroxyl groups is 1. The second-order valence-corrected chi connectivity index (χ2v) is 14.4. The predicted octanol–water partition coefficient (Wildman–Crippen LogP) is 6.66. The van der Waals surface area contributed by atoms with E-state index in [1.807, 2.05) is 14.1 Å². The van der Waals surface area contributed by atoms with Crippen LogP contribution in [0.4, 0.5) is 4.79 Å². The van der Waals surface area contributed by atoms with E-state index in [1.54, 1.807) is 0 Å². The van der Waals surface area contributed by atoms with E-state index in [4.69, 9.17) is 4.74 Å². The molecule has 3 saturated carbocycles. The first-order valence-corrected chi connectivity index (χ1v) is 15.4. The summed E-state index contributed by atoms with van der Waals surface area (Å²) in [5.74, 6) is 4.41. The highest BCUT2D eigenvalue weighted by Crippen LogP contribution is 2.67. The molecule has 9 atom stereocenters. The Hall–Kier alpha value is -1.07. The van der Waals surface area contributed by atoms with Crippen LogP contribution in [0.3, 0.4) is 0 Å². The Morgan fingerprint density at radius 2 is 1.92 bits per heavy atom. The first kappa shape index (κ1) is 28.9. The predicted molar refractivity (Wildman–Crippen MR) is 151 cm³/mol. The lowest BCUT2D eigenvalue weighted by Crippen LogP contribution is -2.57. The summed E-state index contributed by atoms with van der Waals surface area (Å²) in [5.41, 5.74) is 1.62. The SMILES string of the molecule is CC(C)CCC[C@@H](C)[C@H]1CC[C@H]2[C@@H]3CC=C4C[C@@H](O)CC(OC(=O)NCCN(C)C)[C@]4(C)[C@H]3CC[C@]12C. The monoisotopic (exact) mass is 516 g/mol. The van der Waals surface area contributed by atoms with E-state index >= 15 is 0 Å². The minimum Gasteiger partial charge on any atom is -0.445 e. The third kappa shape index (κ3) is 5.78. The molecule has 4 aliphatic rings. The Balaban J connectivity index is 1.49. The molecule has 0 bridgehead atoms. The van der Waals surface area contributed by atoms with Gasteiger partial charge in [-0.05, 0) is 93.5 Å². The van der Waals surface area contributed by atoms with E-state index in [0.717, 1.165) is 43.1 Å². The number of alkyl carbamates (subject to hydrolysis) is 1. The summed E-state index contributed by atoms with van der Waals surface area (Å²) in [4.78, 5) is 14.9. The van der Waals surface area contributed by atoms with Crippen LogP contribution in [0.2, 0.25) is 0 Å². The van der Waals surface area contributed by atoms with Crippen molar-refractivity contribution in [3.63, 3.8) is 0 Å². The van der Waals surface area contributed by atoms with Crippen LogP contribution in [0.1, 0.15) is 98.8 Å². The highest BCUT2D eigenvalue weighted by molar-refractivity contribution is 5.67. The molecule has 4 aliphatic carbocycles. The molecule has 0 aromatic carbocycles. The number of rotatable bonds is 9. The number of ether oxygens (including phenoxy) is 1. The number of allylic oxidation sites excluding steroid dienone is 1. The van der Waals surface area contributed by atoms with Crippen LogP contribution in [0.25, 0.3) is 0 Å². The van der Waals surface area contributed by atoms with Gasteiger partial charge < -0.3 is 20.1 Å². The average Bonchev–Trinajstić information content (AvgIpc) is 3.16. The van der Waals surface area contributed by atoms with Crippen molar-refractivity contribution < 1.29 is 14.6 Å². The maximum Gasteiger partial charge on any atom is 0.407 e. The molecule has 3 fully saturated rings. The molecule has 0 saturated heterocycles. The number of likely N-dealkylation sites (N-methyl/N-ethyl adjacent to an activating group) is 1. The van der Waals surface area contributed by atoms with Gasteiger partial charge in [0.05, 0.1) is 6.10 Å². The molecule has 37 heavy (non-hydrogen) atoms. The van der Waals surface area contributed by atoms with Gasteiger partial charge in [0.2, 0.25) is 0 Å². The van der Waals surface area contributed by atoms with Crippen molar-refractivity contribution in [1.29, 1.82) is 0 Å². The van der Waals surface area contributed by atoms with Gasteiger partial charge in [0.15, 0.2) is 0 Å². The Labute approximate surface area is 227 Å². The number of hydrogen-bond acceptors (Lipinski definition) is 4. The standard InChI is InChI=1S/C32H56N2O3/c1-21(2)9-8-10-22(3)26-13-14-27-25-12-11-23-19-24(35)20-29(37-30(36)33-17-18-34(6)7)32(23,5)28(25)15-16-31(26,27)4/h11,21-22,24-29,35H,8-10,12-20H2,1-7H3,(H,33,36)/t22-,24-,25+,26-,27+,28+,29?,31-,32+/m1/s1. The van der Waals surface area contributed by atoms with Crippen molar-refractivity contribution in [2.45, 2.75) is 111 Å². The van der Waals surface area contributed by atoms with Crippen LogP contribution in [-0.2, 0) is 4.74 Å². The number of nitrogens with one attached hydrogen (secondary N) is 1. The van der Waals surface area contributed by atoms with Gasteiger partial charge in [0, 0.05) is 24.9 Å². The smallest absolute Gasteiger partial charge is 0.407 e. The van der Waals surface area contributed by atoms with Crippen LogP contribution >= 0.6 is 0 Å². The van der Waals surface area contributed by atoms with Crippen LogP contribution in [-0.4, -0.2) is 55.5 Å². The third-order valence-electron chi connectivity index (χ3n) is 11.4. The molecule has 0 aromatic heterocycles. The molecule has 1 amide bonds. The minimum absolute atomic E-state index is 0.163. The molecule has 0 aliphatic heterocycles. The number of hydrogen-bond donors (Lipinski definition) is 2. The zero-order chi connectivity index (χ0) is 27.0. The molecule has 5 nitrogen and oxygen atoms in total. The number of carbonyl (C=O) groups is 1. The molecule has 4 rings (SSSR count). The fourth-order valence-electron chi connectivity index (χ4n) is 9.42. The molecule has 5 heteroatoms. The number of aliphatic hydroxyl groups excluding tert-OH is 1. The number of carbonyl (C=O) groups excluding carboxylic acids is 1. The first-order valence-electron chi connectivity index (χ1n) is 15.4. The second kappa shape index (κ2) is 11.6. The molecule has 0 radical (unpaired) electrons. The van der Waals surface area contributed by atoms with Gasteiger partial charge >= 0.3 is 6.09 Å². The van der Waals surface area contributed by atoms with Crippen molar-refractivity contribution in [1.82, 2.24) is 10.2 Å². The summed E-state index contributed by atoms with van der Waals surface area (Å²) in [7, 11) is 4.00. The molecule has 2 N–H and O–H groups in total. The number of amides is 1. The summed E-state index contributed by atoms with van der Waals surface area (Å²) >= 11 is 0. The van der Waals surface area contributed by atoms with E-state index in [0.29, 0.717) is 30.2 Å². The summed E-state index contributed by atoms with van der Waals surface area (Å²) in [6.07, 6.45) is 13.2. The van der Waals surface area contributed by atoms with Crippen molar-refractivity contribution in [2.24, 2.45) is 46.3 Å². The highest BCUT2D eigenvalue weighted by Gasteiger charge is 2.61. The lowest BCUT2D eigenvalue weighted by Gasteiger charge is -2.60. The topological polar surface area (TPSA) is 61.8 Å². The van der Waals surface area contributed by atoms with Gasteiger partial charge in [-0.2, -0.15) is 0 Å². The average molecular weight is 517 g/mol. The van der Waals surface area contributed by atoms with Crippen LogP contribution in [0.5, 0.6) is 0 Å². The van der Waals surface area contributed by atoms with E-state index in [1.165, 1.54) is 50.5 Å². The van der Waals surface area contributed by atoms with Gasteiger partial charge in [0.25, 0.3) is 0 Å². The zero-order valence-corrected chi connectivity index (χ0v) is 24.9. The molecule has 1 unspecified atom stereocenters. The van der Waals surface area contributed by atoms with Gasteiger partial charge in [-0.15, -0.1) is 0 Å². The Bertz CT molecular complexity index is 825. The number of fused-ring (bicyclic) bond motifs is 5. The largest absolute Gasteiger partial charge is 0.445 e. The second-order valence-electron chi connectivity index (χ2n) is 14.4. The lowest BCUT2D eigenvalue weighted by molar-refractivity contribution is -0.110. The van der Waals surface area contributed by atoms with Crippen molar-refractivity contribution in [2.75, 3.05) is 27.2 Å². The first-order chi connectivity index (χ1) is 17.5.